The second-order valence-corrected chi connectivity index (χ2v) is 9.69. The molecule has 0 radical (unpaired) electrons. The fraction of sp³-hybridized carbons (Fsp3) is 0.714. The van der Waals surface area contributed by atoms with E-state index in [1.165, 1.54) is 0 Å². The van der Waals surface area contributed by atoms with Gasteiger partial charge in [-0.05, 0) is 37.0 Å². The molecule has 1 aromatic carbocycles. The summed E-state index contributed by atoms with van der Waals surface area (Å²) in [5, 5.41) is 10.2. The molecule has 0 aromatic heterocycles. The van der Waals surface area contributed by atoms with Gasteiger partial charge < -0.3 is 29.1 Å². The minimum absolute atomic E-state index is 0.0165. The molecule has 1 aliphatic carbocycles. The number of aliphatic hydroxyl groups excluding tert-OH is 1. The number of hydrogen-bond acceptors (Lipinski definition) is 7. The summed E-state index contributed by atoms with van der Waals surface area (Å²) in [4.78, 5) is 20.4. The molecule has 31 heavy (non-hydrogen) atoms. The largest absolute Gasteiger partial charge is 0.756 e. The lowest BCUT2D eigenvalue weighted by Crippen LogP contribution is -2.61. The monoisotopic (exact) mass is 459 g/mol. The van der Waals surface area contributed by atoms with Crippen molar-refractivity contribution in [1.29, 1.82) is 0 Å². The maximum absolute atomic E-state index is 11.2. The van der Waals surface area contributed by atoms with E-state index < -0.39 is 13.9 Å². The predicted molar refractivity (Wildman–Crippen MR) is 112 cm³/mol. The molecule has 1 saturated carbocycles. The van der Waals surface area contributed by atoms with Gasteiger partial charge in [0.05, 0.1) is 27.4 Å². The summed E-state index contributed by atoms with van der Waals surface area (Å²) in [6.45, 7) is 1.34. The van der Waals surface area contributed by atoms with E-state index in [9.17, 15) is 14.6 Å². The average Bonchev–Trinajstić information content (AvgIpc) is 3.14. The van der Waals surface area contributed by atoms with Crippen molar-refractivity contribution >= 4 is 7.82 Å². The molecule has 3 rings (SSSR count). The van der Waals surface area contributed by atoms with Gasteiger partial charge in [0.2, 0.25) is 0 Å². The molecule has 176 valence electrons. The van der Waals surface area contributed by atoms with Crippen LogP contribution in [0.25, 0.3) is 0 Å². The van der Waals surface area contributed by atoms with Crippen molar-refractivity contribution in [2.24, 2.45) is 0 Å². The van der Waals surface area contributed by atoms with Gasteiger partial charge in [0, 0.05) is 12.8 Å². The minimum atomic E-state index is -4.84. The first kappa shape index (κ1) is 24.5. The molecule has 1 saturated heterocycles. The van der Waals surface area contributed by atoms with Crippen LogP contribution in [0.1, 0.15) is 37.7 Å². The van der Waals surface area contributed by atoms with E-state index in [1.54, 1.807) is 14.2 Å². The molecule has 1 heterocycles. The number of rotatable bonds is 10. The number of hydrogen-bond donors (Lipinski definition) is 2. The Kier molecular flexibility index (Phi) is 8.37. The molecule has 2 N–H and O–H groups in total. The molecule has 1 unspecified atom stereocenters. The average molecular weight is 459 g/mol. The van der Waals surface area contributed by atoms with E-state index in [2.05, 4.69) is 0 Å². The third-order valence-electron chi connectivity index (χ3n) is 6.50. The summed E-state index contributed by atoms with van der Waals surface area (Å²) in [7, 11) is -1.63. The van der Waals surface area contributed by atoms with Gasteiger partial charge in [0.1, 0.15) is 24.8 Å². The highest BCUT2D eigenvalue weighted by Crippen LogP contribution is 2.39. The summed E-state index contributed by atoms with van der Waals surface area (Å²) in [5.74, 6) is 1.35. The Hall–Kier alpha value is -1.19. The lowest BCUT2D eigenvalue weighted by molar-refractivity contribution is -0.960. The minimum Gasteiger partial charge on any atom is -0.756 e. The highest BCUT2D eigenvalue weighted by Gasteiger charge is 2.48. The van der Waals surface area contributed by atoms with Crippen molar-refractivity contribution in [3.63, 3.8) is 0 Å². The number of quaternary nitrogens is 1. The topological polar surface area (TPSA) is 118 Å². The maximum Gasteiger partial charge on any atom is 0.269 e. The van der Waals surface area contributed by atoms with Crippen LogP contribution in [0.2, 0.25) is 0 Å². The number of phosphoric ester groups is 1. The highest BCUT2D eigenvalue weighted by atomic mass is 31.2. The van der Waals surface area contributed by atoms with Crippen LogP contribution in [0.15, 0.2) is 18.2 Å². The van der Waals surface area contributed by atoms with E-state index in [0.29, 0.717) is 48.5 Å². The normalized spacial score (nSPS) is 30.7. The second-order valence-electron chi connectivity index (χ2n) is 8.49. The van der Waals surface area contributed by atoms with Gasteiger partial charge in [-0.15, -0.1) is 0 Å². The van der Waals surface area contributed by atoms with Crippen molar-refractivity contribution in [2.45, 2.75) is 56.8 Å². The zero-order chi connectivity index (χ0) is 22.5. The smallest absolute Gasteiger partial charge is 0.269 e. The van der Waals surface area contributed by atoms with Crippen molar-refractivity contribution in [3.8, 4) is 11.5 Å². The Bertz CT molecular complexity index is 772. The van der Waals surface area contributed by atoms with Crippen molar-refractivity contribution < 1.29 is 42.7 Å². The number of likely N-dealkylation sites (tertiary alicyclic amines) is 1. The van der Waals surface area contributed by atoms with Crippen LogP contribution in [0.5, 0.6) is 11.5 Å². The fourth-order valence-corrected chi connectivity index (χ4v) is 5.35. The van der Waals surface area contributed by atoms with Crippen LogP contribution in [-0.2, 0) is 20.2 Å². The molecule has 0 spiro atoms. The SMILES string of the molecule is COc1ccc(CCO[C@@H]2CCCC[C@@H]2[N@@+]2(COP(=O)([O-])O)CC[C@@H](O)C2)cc1OC. The molecule has 10 heteroatoms. The van der Waals surface area contributed by atoms with Gasteiger partial charge >= 0.3 is 0 Å². The molecule has 1 aliphatic heterocycles. The van der Waals surface area contributed by atoms with E-state index >= 15 is 0 Å². The quantitative estimate of drug-likeness (QED) is 0.400. The Labute approximate surface area is 183 Å². The van der Waals surface area contributed by atoms with Crippen LogP contribution < -0.4 is 14.4 Å². The molecule has 0 bridgehead atoms. The molecule has 0 amide bonds. The van der Waals surface area contributed by atoms with Gasteiger partial charge in [-0.1, -0.05) is 12.5 Å². The van der Waals surface area contributed by atoms with Gasteiger partial charge in [0.25, 0.3) is 7.82 Å². The van der Waals surface area contributed by atoms with Crippen molar-refractivity contribution in [3.05, 3.63) is 23.8 Å². The Morgan fingerprint density at radius 1 is 1.16 bits per heavy atom. The third kappa shape index (κ3) is 6.42. The molecular formula is C21H34NO8P. The Morgan fingerprint density at radius 2 is 1.90 bits per heavy atom. The van der Waals surface area contributed by atoms with Crippen LogP contribution >= 0.6 is 7.82 Å². The van der Waals surface area contributed by atoms with Crippen molar-refractivity contribution in [2.75, 3.05) is 40.6 Å². The summed E-state index contributed by atoms with van der Waals surface area (Å²) in [6, 6.07) is 5.81. The Balaban J connectivity index is 1.66. The molecule has 5 atom stereocenters. The number of benzene rings is 1. The van der Waals surface area contributed by atoms with Crippen LogP contribution in [0.3, 0.4) is 0 Å². The first-order valence-corrected chi connectivity index (χ1v) is 12.3. The molecule has 2 aliphatic rings. The van der Waals surface area contributed by atoms with Crippen LogP contribution in [0.4, 0.5) is 0 Å². The van der Waals surface area contributed by atoms with E-state index in [-0.39, 0.29) is 18.9 Å². The number of ether oxygens (including phenoxy) is 3. The summed E-state index contributed by atoms with van der Waals surface area (Å²) >= 11 is 0. The fourth-order valence-electron chi connectivity index (χ4n) is 4.97. The number of nitrogens with zero attached hydrogens (tertiary/aromatic N) is 1. The van der Waals surface area contributed by atoms with E-state index in [1.807, 2.05) is 18.2 Å². The lowest BCUT2D eigenvalue weighted by Gasteiger charge is -2.46. The summed E-state index contributed by atoms with van der Waals surface area (Å²) < 4.78 is 33.3. The third-order valence-corrected chi connectivity index (χ3v) is 6.94. The first-order chi connectivity index (χ1) is 14.8. The highest BCUT2D eigenvalue weighted by molar-refractivity contribution is 7.44. The lowest BCUT2D eigenvalue weighted by atomic mass is 9.89. The number of methoxy groups -OCH3 is 2. The Morgan fingerprint density at radius 3 is 2.55 bits per heavy atom. The van der Waals surface area contributed by atoms with E-state index in [0.717, 1.165) is 31.2 Å². The maximum atomic E-state index is 11.2. The van der Waals surface area contributed by atoms with Gasteiger partial charge in [0.15, 0.2) is 18.2 Å². The molecule has 9 nitrogen and oxygen atoms in total. The van der Waals surface area contributed by atoms with E-state index in [4.69, 9.17) is 23.6 Å². The zero-order valence-electron chi connectivity index (χ0n) is 18.3. The van der Waals surface area contributed by atoms with Gasteiger partial charge in [-0.2, -0.15) is 0 Å². The first-order valence-electron chi connectivity index (χ1n) is 10.8. The van der Waals surface area contributed by atoms with Crippen molar-refractivity contribution in [1.82, 2.24) is 0 Å². The second kappa shape index (κ2) is 10.6. The zero-order valence-corrected chi connectivity index (χ0v) is 19.2. The number of aliphatic hydroxyl groups is 1. The van der Waals surface area contributed by atoms with Gasteiger partial charge in [-0.3, -0.25) is 13.6 Å². The van der Waals surface area contributed by atoms with Crippen LogP contribution in [0, 0.1) is 0 Å². The van der Waals surface area contributed by atoms with Crippen LogP contribution in [-0.4, -0.2) is 73.4 Å². The molecule has 2 fully saturated rings. The molecule has 1 aromatic rings. The summed E-state index contributed by atoms with van der Waals surface area (Å²) in [6.07, 6.45) is 4.51. The predicted octanol–water partition coefficient (Wildman–Crippen LogP) is 1.59. The standard InChI is InChI=1S/C21H34NO8P/c1-27-20-8-7-16(13-21(20)28-2)10-12-29-19-6-4-3-5-18(19)22(11-9-17(23)14-22)15-30-31(24,25)26/h7-8,13,17-19,23H,3-6,9-12,14-15H2,1-2H3,(H-,24,25,26)/t17-,18+,19-,22+/m1/s1. The summed E-state index contributed by atoms with van der Waals surface area (Å²) in [5.41, 5.74) is 1.07. The number of phosphoric acid groups is 1. The molecular weight excluding hydrogens is 425 g/mol. The van der Waals surface area contributed by atoms with Gasteiger partial charge in [-0.25, -0.2) is 0 Å².